The molecule has 0 saturated heterocycles. The maximum absolute atomic E-state index is 12.3. The number of nitrogens with zero attached hydrogens (tertiary/aromatic N) is 6. The Balaban J connectivity index is 1.59. The lowest BCUT2D eigenvalue weighted by molar-refractivity contribution is -0.384. The van der Waals surface area contributed by atoms with E-state index in [1.54, 1.807) is 24.3 Å². The average molecular weight is 563 g/mol. The molecule has 13 heteroatoms. The summed E-state index contributed by atoms with van der Waals surface area (Å²) in [6.45, 7) is 9.98. The Bertz CT molecular complexity index is 1570. The molecule has 0 bridgehead atoms. The van der Waals surface area contributed by atoms with E-state index in [1.165, 1.54) is 16.8 Å². The van der Waals surface area contributed by atoms with Crippen molar-refractivity contribution < 1.29 is 19.6 Å². The zero-order chi connectivity index (χ0) is 29.7. The van der Waals surface area contributed by atoms with Gasteiger partial charge >= 0.3 is 6.09 Å². The number of nitro benzene ring substituents is 1. The van der Waals surface area contributed by atoms with Gasteiger partial charge in [-0.25, -0.2) is 4.79 Å². The fourth-order valence-electron chi connectivity index (χ4n) is 4.14. The first kappa shape index (κ1) is 29.2. The third-order valence-electron chi connectivity index (χ3n) is 6.43. The molecule has 0 aliphatic heterocycles. The van der Waals surface area contributed by atoms with E-state index in [1.807, 2.05) is 27.7 Å². The summed E-state index contributed by atoms with van der Waals surface area (Å²) in [5.74, 6) is 0.261. The van der Waals surface area contributed by atoms with Crippen LogP contribution in [0.2, 0.25) is 0 Å². The molecule has 0 aliphatic carbocycles. The molecule has 0 aliphatic rings. The Hall–Kier alpha value is -4.81. The number of nitro groups is 1. The number of ether oxygens (including phenoxy) is 1. The first-order valence-electron chi connectivity index (χ1n) is 13.5. The summed E-state index contributed by atoms with van der Waals surface area (Å²) in [6.07, 6.45) is 3.05. The molecule has 2 heterocycles. The molecule has 216 valence electrons. The van der Waals surface area contributed by atoms with Crippen molar-refractivity contribution in [3.63, 3.8) is 0 Å². The molecule has 2 aromatic carbocycles. The monoisotopic (exact) mass is 562 g/mol. The second-order valence-electron chi connectivity index (χ2n) is 10.7. The SMILES string of the molecule is CCCCC(CC)OC(=O)Nc1ccc(-c2nn3nc(C(C)(C)C)c(N=Nc4cc([N+](=O)[O-])ccc4O)c3[nH]2)cc1. The number of anilines is 1. The fourth-order valence-corrected chi connectivity index (χ4v) is 4.14. The highest BCUT2D eigenvalue weighted by Gasteiger charge is 2.27. The summed E-state index contributed by atoms with van der Waals surface area (Å²) in [4.78, 5) is 26.1. The van der Waals surface area contributed by atoms with Gasteiger partial charge in [0.05, 0.1) is 10.6 Å². The van der Waals surface area contributed by atoms with Crippen LogP contribution < -0.4 is 5.32 Å². The Morgan fingerprint density at radius 2 is 1.90 bits per heavy atom. The van der Waals surface area contributed by atoms with Crippen LogP contribution in [0.4, 0.5) is 27.5 Å². The van der Waals surface area contributed by atoms with Gasteiger partial charge in [0.25, 0.3) is 5.69 Å². The van der Waals surface area contributed by atoms with Crippen molar-refractivity contribution >= 4 is 34.5 Å². The number of H-pyrrole nitrogens is 1. The van der Waals surface area contributed by atoms with Crippen LogP contribution >= 0.6 is 0 Å². The maximum atomic E-state index is 12.3. The molecule has 0 fully saturated rings. The highest BCUT2D eigenvalue weighted by molar-refractivity contribution is 5.85. The van der Waals surface area contributed by atoms with Gasteiger partial charge in [0.2, 0.25) is 0 Å². The maximum Gasteiger partial charge on any atom is 0.411 e. The number of hydrogen-bond acceptors (Lipinski definition) is 9. The first-order valence-corrected chi connectivity index (χ1v) is 13.5. The molecule has 0 saturated carbocycles. The number of benzene rings is 2. The topological polar surface area (TPSA) is 172 Å². The lowest BCUT2D eigenvalue weighted by Gasteiger charge is -2.16. The molecule has 0 radical (unpaired) electrons. The van der Waals surface area contributed by atoms with E-state index in [-0.39, 0.29) is 23.2 Å². The largest absolute Gasteiger partial charge is 0.506 e. The van der Waals surface area contributed by atoms with E-state index in [9.17, 15) is 20.0 Å². The molecule has 1 unspecified atom stereocenters. The van der Waals surface area contributed by atoms with Crippen LogP contribution in [0.15, 0.2) is 52.7 Å². The van der Waals surface area contributed by atoms with Crippen molar-refractivity contribution in [1.29, 1.82) is 0 Å². The Kier molecular flexibility index (Phi) is 8.65. The minimum absolute atomic E-state index is 0.0459. The zero-order valence-electron chi connectivity index (χ0n) is 23.7. The summed E-state index contributed by atoms with van der Waals surface area (Å²) in [5, 5.41) is 41.7. The summed E-state index contributed by atoms with van der Waals surface area (Å²) < 4.78 is 6.95. The van der Waals surface area contributed by atoms with Gasteiger partial charge < -0.3 is 14.8 Å². The van der Waals surface area contributed by atoms with Gasteiger partial charge in [0.1, 0.15) is 17.5 Å². The summed E-state index contributed by atoms with van der Waals surface area (Å²) in [7, 11) is 0. The van der Waals surface area contributed by atoms with Gasteiger partial charge in [-0.05, 0) is 43.2 Å². The molecule has 41 heavy (non-hydrogen) atoms. The molecule has 3 N–H and O–H groups in total. The van der Waals surface area contributed by atoms with E-state index < -0.39 is 16.4 Å². The quantitative estimate of drug-likeness (QED) is 0.101. The number of hydrogen-bond donors (Lipinski definition) is 3. The number of rotatable bonds is 10. The lowest BCUT2D eigenvalue weighted by Crippen LogP contribution is -2.22. The van der Waals surface area contributed by atoms with Crippen LogP contribution in [0, 0.1) is 10.1 Å². The number of nitrogens with one attached hydrogen (secondary N) is 2. The van der Waals surface area contributed by atoms with Crippen molar-refractivity contribution in [3.8, 4) is 17.1 Å². The molecule has 1 amide bonds. The number of carbonyl (C=O) groups is 1. The number of aromatic hydroxyl groups is 1. The van der Waals surface area contributed by atoms with Crippen LogP contribution in [0.3, 0.4) is 0 Å². The third-order valence-corrected chi connectivity index (χ3v) is 6.43. The van der Waals surface area contributed by atoms with Crippen molar-refractivity contribution in [1.82, 2.24) is 19.8 Å². The highest BCUT2D eigenvalue weighted by Crippen LogP contribution is 2.37. The van der Waals surface area contributed by atoms with Crippen LogP contribution in [0.25, 0.3) is 17.0 Å². The number of azo groups is 1. The predicted molar refractivity (Wildman–Crippen MR) is 154 cm³/mol. The van der Waals surface area contributed by atoms with Crippen molar-refractivity contribution in [2.24, 2.45) is 10.2 Å². The first-order chi connectivity index (χ1) is 19.5. The number of fused-ring (bicyclic) bond motifs is 1. The van der Waals surface area contributed by atoms with Gasteiger partial charge in [-0.1, -0.05) is 47.5 Å². The molecular weight excluding hydrogens is 528 g/mol. The molecule has 2 aromatic heterocycles. The highest BCUT2D eigenvalue weighted by atomic mass is 16.6. The minimum Gasteiger partial charge on any atom is -0.506 e. The summed E-state index contributed by atoms with van der Waals surface area (Å²) in [6, 6.07) is 10.6. The van der Waals surface area contributed by atoms with Crippen LogP contribution in [0.5, 0.6) is 5.75 Å². The normalized spacial score (nSPS) is 12.6. The number of phenolic OH excluding ortho intramolecular Hbond substituents is 1. The molecule has 13 nitrogen and oxygen atoms in total. The Morgan fingerprint density at radius 3 is 2.54 bits per heavy atom. The van der Waals surface area contributed by atoms with Crippen LogP contribution in [0.1, 0.15) is 66.0 Å². The van der Waals surface area contributed by atoms with E-state index >= 15 is 0 Å². The van der Waals surface area contributed by atoms with E-state index in [0.29, 0.717) is 28.5 Å². The standard InChI is InChI=1S/C28H34N8O5/c1-6-8-9-20(7-2)41-27(38)29-18-12-10-17(11-13-18)25-30-26-23(24(28(3,4)5)33-35(26)34-25)32-31-21-16-19(36(39)40)14-15-22(21)37/h10-16,20,37H,6-9H2,1-5H3,(H,29,38)(H,30,34). The smallest absolute Gasteiger partial charge is 0.411 e. The number of phenols is 1. The molecule has 4 rings (SSSR count). The average Bonchev–Trinajstić information content (AvgIpc) is 3.49. The molecule has 0 spiro atoms. The lowest BCUT2D eigenvalue weighted by atomic mass is 9.91. The van der Waals surface area contributed by atoms with Gasteiger partial charge in [-0.3, -0.25) is 15.4 Å². The molecular formula is C28H34N8O5. The predicted octanol–water partition coefficient (Wildman–Crippen LogP) is 7.57. The number of non-ortho nitro benzene ring substituents is 1. The fraction of sp³-hybridized carbons (Fsp3) is 0.393. The second-order valence-corrected chi connectivity index (χ2v) is 10.7. The van der Waals surface area contributed by atoms with E-state index in [4.69, 9.17) is 4.74 Å². The Morgan fingerprint density at radius 1 is 1.17 bits per heavy atom. The molecule has 1 atom stereocenters. The zero-order valence-corrected chi connectivity index (χ0v) is 23.7. The van der Waals surface area contributed by atoms with Crippen LogP contribution in [-0.2, 0) is 10.2 Å². The van der Waals surface area contributed by atoms with Crippen molar-refractivity contribution in [2.45, 2.75) is 71.8 Å². The summed E-state index contributed by atoms with van der Waals surface area (Å²) in [5.41, 5.74) is 2.07. The van der Waals surface area contributed by atoms with Gasteiger partial charge in [0.15, 0.2) is 17.2 Å². The van der Waals surface area contributed by atoms with Gasteiger partial charge in [0, 0.05) is 28.8 Å². The van der Waals surface area contributed by atoms with E-state index in [2.05, 4.69) is 37.7 Å². The number of carbonyl (C=O) groups excluding carboxylic acids is 1. The number of amides is 1. The van der Waals surface area contributed by atoms with Crippen molar-refractivity contribution in [3.05, 3.63) is 58.3 Å². The number of aromatic nitrogens is 4. The minimum atomic E-state index is -0.572. The third kappa shape index (κ3) is 6.86. The Labute approximate surface area is 236 Å². The second kappa shape index (κ2) is 12.1. The number of unbranched alkanes of at least 4 members (excludes halogenated alkanes) is 1. The van der Waals surface area contributed by atoms with Gasteiger partial charge in [-0.2, -0.15) is 5.10 Å². The summed E-state index contributed by atoms with van der Waals surface area (Å²) >= 11 is 0. The van der Waals surface area contributed by atoms with Crippen molar-refractivity contribution in [2.75, 3.05) is 5.32 Å². The van der Waals surface area contributed by atoms with Crippen LogP contribution in [-0.4, -0.2) is 42.0 Å². The van der Waals surface area contributed by atoms with E-state index in [0.717, 1.165) is 37.3 Å². The van der Waals surface area contributed by atoms with Gasteiger partial charge in [-0.15, -0.1) is 20.0 Å². The number of aromatic amines is 1. The molecule has 4 aromatic rings.